The van der Waals surface area contributed by atoms with Crippen molar-refractivity contribution in [1.82, 2.24) is 0 Å². The number of rotatable bonds is 9. The lowest BCUT2D eigenvalue weighted by atomic mass is 10.2. The van der Waals surface area contributed by atoms with Crippen LogP contribution in [0.4, 0.5) is 0 Å². The van der Waals surface area contributed by atoms with Crippen LogP contribution >= 0.6 is 0 Å². The van der Waals surface area contributed by atoms with E-state index in [2.05, 4.69) is 15.0 Å². The predicted molar refractivity (Wildman–Crippen MR) is 83.2 cm³/mol. The van der Waals surface area contributed by atoms with Gasteiger partial charge in [0, 0.05) is 24.3 Å². The molecule has 0 unspecified atom stereocenters. The standard InChI is InChI=1S/C16H19N4O4/c1-2-23-24-18-11-15-5-3-4-8-20(15)13-22-12-19-9-6-14(7-10-19)16(17)21/h3-11H,2,12-13H2,1H3,(H-,17,21)/q+1/p+1. The lowest BCUT2D eigenvalue weighted by Crippen LogP contribution is -2.42. The van der Waals surface area contributed by atoms with E-state index >= 15 is 0 Å². The monoisotopic (exact) mass is 332 g/mol. The number of nitrogens with zero attached hydrogens (tertiary/aromatic N) is 3. The SMILES string of the molecule is CCOON=Cc1cccc[n+]1COC[n+]1ccc(C(N)=O)cc1. The first kappa shape index (κ1) is 17.5. The fourth-order valence-corrected chi connectivity index (χ4v) is 1.84. The topological polar surface area (TPSA) is 90.9 Å². The smallest absolute Gasteiger partial charge is 0.258 e. The van der Waals surface area contributed by atoms with E-state index in [9.17, 15) is 4.79 Å². The second kappa shape index (κ2) is 9.33. The van der Waals surface area contributed by atoms with Gasteiger partial charge in [-0.15, -0.1) is 0 Å². The van der Waals surface area contributed by atoms with Gasteiger partial charge in [-0.1, -0.05) is 0 Å². The summed E-state index contributed by atoms with van der Waals surface area (Å²) in [6, 6.07) is 8.93. The number of hydrogen-bond donors (Lipinski definition) is 1. The van der Waals surface area contributed by atoms with Crippen molar-refractivity contribution in [2.75, 3.05) is 6.61 Å². The molecular weight excluding hydrogens is 312 g/mol. The molecule has 8 heteroatoms. The van der Waals surface area contributed by atoms with Crippen LogP contribution in [-0.4, -0.2) is 18.7 Å². The van der Waals surface area contributed by atoms with E-state index in [1.54, 1.807) is 36.0 Å². The van der Waals surface area contributed by atoms with E-state index in [1.165, 1.54) is 6.21 Å². The Hall–Kier alpha value is -2.84. The Kier molecular flexibility index (Phi) is 6.81. The molecule has 0 saturated heterocycles. The first-order valence-electron chi connectivity index (χ1n) is 7.38. The number of carbonyl (C=O) groups excluding carboxylic acids is 1. The lowest BCUT2D eigenvalue weighted by molar-refractivity contribution is -0.788. The molecule has 2 aromatic rings. The third-order valence-corrected chi connectivity index (χ3v) is 3.02. The number of primary amides is 1. The van der Waals surface area contributed by atoms with Gasteiger partial charge in [0.25, 0.3) is 13.5 Å². The van der Waals surface area contributed by atoms with Gasteiger partial charge in [-0.3, -0.25) is 9.53 Å². The summed E-state index contributed by atoms with van der Waals surface area (Å²) < 4.78 is 9.30. The highest BCUT2D eigenvalue weighted by atomic mass is 17.3. The average molecular weight is 332 g/mol. The maximum atomic E-state index is 11.0. The number of hydrogen-bond acceptors (Lipinski definition) is 5. The van der Waals surface area contributed by atoms with Gasteiger partial charge in [0.1, 0.15) is 6.21 Å². The van der Waals surface area contributed by atoms with Crippen LogP contribution in [0.2, 0.25) is 0 Å². The molecule has 1 amide bonds. The molecule has 8 nitrogen and oxygen atoms in total. The first-order chi connectivity index (χ1) is 11.7. The molecule has 2 N–H and O–H groups in total. The Morgan fingerprint density at radius 3 is 2.71 bits per heavy atom. The van der Waals surface area contributed by atoms with Crippen LogP contribution in [0, 0.1) is 0 Å². The van der Waals surface area contributed by atoms with Gasteiger partial charge < -0.3 is 5.73 Å². The number of oxime groups is 1. The summed E-state index contributed by atoms with van der Waals surface area (Å²) in [5.41, 5.74) is 6.45. The van der Waals surface area contributed by atoms with Crippen LogP contribution in [-0.2, 0) is 28.1 Å². The predicted octanol–water partition coefficient (Wildman–Crippen LogP) is 0.294. The van der Waals surface area contributed by atoms with E-state index in [0.717, 1.165) is 5.69 Å². The Balaban J connectivity index is 1.89. The molecule has 0 fully saturated rings. The van der Waals surface area contributed by atoms with Gasteiger partial charge in [-0.05, 0) is 18.1 Å². The van der Waals surface area contributed by atoms with Crippen molar-refractivity contribution in [1.29, 1.82) is 0 Å². The summed E-state index contributed by atoms with van der Waals surface area (Å²) in [6.45, 7) is 2.87. The Bertz CT molecular complexity index is 689. The van der Waals surface area contributed by atoms with Crippen molar-refractivity contribution >= 4 is 12.1 Å². The fraction of sp³-hybridized carbons (Fsp3) is 0.250. The number of aromatic nitrogens is 2. The summed E-state index contributed by atoms with van der Waals surface area (Å²) in [5.74, 6) is -0.457. The van der Waals surface area contributed by atoms with Gasteiger partial charge in [-0.2, -0.15) is 14.0 Å². The van der Waals surface area contributed by atoms with Gasteiger partial charge in [0.15, 0.2) is 18.6 Å². The quantitative estimate of drug-likeness (QED) is 0.235. The first-order valence-corrected chi connectivity index (χ1v) is 7.38. The zero-order chi connectivity index (χ0) is 17.2. The summed E-state index contributed by atoms with van der Waals surface area (Å²) in [5, 5.41) is 3.71. The molecule has 2 rings (SSSR count). The zero-order valence-corrected chi connectivity index (χ0v) is 13.4. The largest absolute Gasteiger partial charge is 0.366 e. The van der Waals surface area contributed by atoms with Crippen molar-refractivity contribution in [3.63, 3.8) is 0 Å². The molecular formula is C16H20N4O4+2. The van der Waals surface area contributed by atoms with E-state index < -0.39 is 5.91 Å². The molecule has 0 radical (unpaired) electrons. The van der Waals surface area contributed by atoms with Gasteiger partial charge in [0.2, 0.25) is 11.6 Å². The summed E-state index contributed by atoms with van der Waals surface area (Å²) in [6.07, 6.45) is 6.86. The molecule has 0 spiro atoms. The number of carbonyl (C=O) groups is 1. The van der Waals surface area contributed by atoms with E-state index in [0.29, 0.717) is 25.6 Å². The normalized spacial score (nSPS) is 10.9. The van der Waals surface area contributed by atoms with Crippen LogP contribution in [0.5, 0.6) is 0 Å². The second-order valence-electron chi connectivity index (χ2n) is 4.74. The number of ether oxygens (including phenoxy) is 1. The summed E-state index contributed by atoms with van der Waals surface area (Å²) in [7, 11) is 0. The van der Waals surface area contributed by atoms with Crippen LogP contribution < -0.4 is 14.9 Å². The van der Waals surface area contributed by atoms with Crippen LogP contribution in [0.25, 0.3) is 0 Å². The highest BCUT2D eigenvalue weighted by Gasteiger charge is 2.10. The third-order valence-electron chi connectivity index (χ3n) is 3.02. The highest BCUT2D eigenvalue weighted by Crippen LogP contribution is 1.93. The van der Waals surface area contributed by atoms with Gasteiger partial charge in [0.05, 0.1) is 12.2 Å². The van der Waals surface area contributed by atoms with E-state index in [-0.39, 0.29) is 0 Å². The van der Waals surface area contributed by atoms with Gasteiger partial charge >= 0.3 is 0 Å². The molecule has 0 saturated carbocycles. The highest BCUT2D eigenvalue weighted by molar-refractivity contribution is 5.92. The maximum absolute atomic E-state index is 11.0. The molecule has 0 aromatic carbocycles. The molecule has 24 heavy (non-hydrogen) atoms. The molecule has 2 aromatic heterocycles. The minimum absolute atomic E-state index is 0.321. The molecule has 0 bridgehead atoms. The molecule has 0 aliphatic rings. The summed E-state index contributed by atoms with van der Waals surface area (Å²) in [4.78, 5) is 20.3. The second-order valence-corrected chi connectivity index (χ2v) is 4.74. The van der Waals surface area contributed by atoms with Crippen LogP contribution in [0.1, 0.15) is 23.0 Å². The maximum Gasteiger partial charge on any atom is 0.258 e. The lowest BCUT2D eigenvalue weighted by Gasteiger charge is -2.01. The average Bonchev–Trinajstić information content (AvgIpc) is 2.60. The van der Waals surface area contributed by atoms with E-state index in [1.807, 2.05) is 29.0 Å². The van der Waals surface area contributed by atoms with Crippen LogP contribution in [0.15, 0.2) is 54.1 Å². The molecule has 0 atom stereocenters. The number of pyridine rings is 2. The van der Waals surface area contributed by atoms with Crippen molar-refractivity contribution in [2.24, 2.45) is 10.9 Å². The van der Waals surface area contributed by atoms with Crippen molar-refractivity contribution in [3.8, 4) is 0 Å². The molecule has 126 valence electrons. The Morgan fingerprint density at radius 2 is 2.00 bits per heavy atom. The summed E-state index contributed by atoms with van der Waals surface area (Å²) >= 11 is 0. The van der Waals surface area contributed by atoms with Crippen LogP contribution in [0.3, 0.4) is 0 Å². The molecule has 0 aliphatic heterocycles. The zero-order valence-electron chi connectivity index (χ0n) is 13.4. The van der Waals surface area contributed by atoms with Crippen molar-refractivity contribution in [2.45, 2.75) is 20.4 Å². The van der Waals surface area contributed by atoms with Crippen molar-refractivity contribution in [3.05, 3.63) is 60.2 Å². The number of nitrogens with two attached hydrogens (primary N) is 1. The minimum Gasteiger partial charge on any atom is -0.366 e. The Morgan fingerprint density at radius 1 is 1.21 bits per heavy atom. The Labute approximate surface area is 139 Å². The van der Waals surface area contributed by atoms with Gasteiger partial charge in [-0.25, -0.2) is 4.99 Å². The van der Waals surface area contributed by atoms with Crippen molar-refractivity contribution < 1.29 is 28.5 Å². The minimum atomic E-state index is -0.457. The molecule has 2 heterocycles. The van der Waals surface area contributed by atoms with E-state index in [4.69, 9.17) is 10.5 Å². The number of amides is 1. The third kappa shape index (κ3) is 5.41. The molecule has 0 aliphatic carbocycles. The fourth-order valence-electron chi connectivity index (χ4n) is 1.84.